The van der Waals surface area contributed by atoms with Crippen LogP contribution < -0.4 is 4.43 Å². The van der Waals surface area contributed by atoms with E-state index in [9.17, 15) is 0 Å². The van der Waals surface area contributed by atoms with Crippen LogP contribution in [-0.2, 0) is 4.43 Å². The number of fused-ring (bicyclic) bond motifs is 1. The van der Waals surface area contributed by atoms with Crippen molar-refractivity contribution in [3.63, 3.8) is 0 Å². The fraction of sp³-hybridized carbons (Fsp3) is 0.667. The first-order valence-electron chi connectivity index (χ1n) is 9.88. The Balaban J connectivity index is 2.73. The van der Waals surface area contributed by atoms with E-state index < -0.39 is 17.4 Å². The number of benzene rings is 1. The van der Waals surface area contributed by atoms with Crippen LogP contribution in [0.25, 0.3) is 11.0 Å². The van der Waals surface area contributed by atoms with Crippen LogP contribution in [0.1, 0.15) is 58.9 Å². The van der Waals surface area contributed by atoms with Gasteiger partial charge in [-0.2, -0.15) is 0 Å². The average molecular weight is 408 g/mol. The molecule has 1 unspecified atom stereocenters. The molecule has 2 aromatic rings. The Morgan fingerprint density at radius 3 is 2.15 bits per heavy atom. The molecule has 2 rings (SSSR count). The largest absolute Gasteiger partial charge is 0.543 e. The number of hydrogen-bond donors (Lipinski definition) is 0. The van der Waals surface area contributed by atoms with Gasteiger partial charge in [-0.05, 0) is 55.7 Å². The van der Waals surface area contributed by atoms with Gasteiger partial charge in [0.15, 0.2) is 14.6 Å². The van der Waals surface area contributed by atoms with Crippen LogP contribution in [-0.4, -0.2) is 22.5 Å². The van der Waals surface area contributed by atoms with Crippen molar-refractivity contribution in [3.05, 3.63) is 23.4 Å². The fourth-order valence-electron chi connectivity index (χ4n) is 2.87. The third-order valence-electron chi connectivity index (χ3n) is 5.45. The van der Waals surface area contributed by atoms with Crippen LogP contribution in [0.4, 0.5) is 0 Å². The maximum Gasteiger partial charge on any atom is 0.250 e. The number of nitrogens with zero attached hydrogens (tertiary/aromatic N) is 1. The molecule has 0 radical (unpaired) electrons. The first kappa shape index (κ1) is 22.2. The van der Waals surface area contributed by atoms with Crippen molar-refractivity contribution in [2.24, 2.45) is 5.41 Å². The third-order valence-corrected chi connectivity index (χ3v) is 10.6. The molecule has 0 N–H and O–H groups in total. The van der Waals surface area contributed by atoms with Gasteiger partial charge in [-0.15, -0.1) is 0 Å². The molecule has 6 heteroatoms. The summed E-state index contributed by atoms with van der Waals surface area (Å²) in [5.41, 5.74) is 2.64. The molecule has 4 nitrogen and oxygen atoms in total. The van der Waals surface area contributed by atoms with Crippen LogP contribution in [0.15, 0.2) is 16.7 Å². The van der Waals surface area contributed by atoms with Gasteiger partial charge in [0.2, 0.25) is 8.32 Å². The van der Waals surface area contributed by atoms with Gasteiger partial charge in [0, 0.05) is 5.39 Å². The highest BCUT2D eigenvalue weighted by Crippen LogP contribution is 2.47. The fourth-order valence-corrected chi connectivity index (χ4v) is 4.99. The molecule has 0 aliphatic heterocycles. The molecule has 1 aromatic carbocycles. The molecule has 0 fully saturated rings. The Kier molecular flexibility index (Phi) is 6.05. The summed E-state index contributed by atoms with van der Waals surface area (Å²) in [4.78, 5) is 0. The second-order valence-electron chi connectivity index (χ2n) is 10.4. The molecule has 27 heavy (non-hydrogen) atoms. The average Bonchev–Trinajstić information content (AvgIpc) is 2.84. The molecule has 0 spiro atoms. The summed E-state index contributed by atoms with van der Waals surface area (Å²) in [5.74, 6) is 0.889. The quantitative estimate of drug-likeness (QED) is 0.523. The molecule has 0 aliphatic rings. The second-order valence-corrected chi connectivity index (χ2v) is 17.5. The number of hydrogen-bond acceptors (Lipinski definition) is 4. The zero-order valence-corrected chi connectivity index (χ0v) is 21.1. The lowest BCUT2D eigenvalue weighted by Gasteiger charge is -2.39. The molecule has 1 aromatic heterocycles. The van der Waals surface area contributed by atoms with E-state index in [1.165, 1.54) is 0 Å². The predicted molar refractivity (Wildman–Crippen MR) is 119 cm³/mol. The molecular formula is C21H37NO3Si2. The Morgan fingerprint density at radius 1 is 1.07 bits per heavy atom. The highest BCUT2D eigenvalue weighted by atomic mass is 28.4. The second kappa shape index (κ2) is 7.37. The SMILES string of the molecule is Cc1noc2c(C(O[SiH](C)C)C(C)(C)C)c(O[Si](C)(C)C(C)(C)C)ccc12. The first-order chi connectivity index (χ1) is 12.1. The summed E-state index contributed by atoms with van der Waals surface area (Å²) in [6.07, 6.45) is -0.0972. The lowest BCUT2D eigenvalue weighted by Crippen LogP contribution is -2.44. The van der Waals surface area contributed by atoms with E-state index in [-0.39, 0.29) is 16.6 Å². The van der Waals surface area contributed by atoms with Crippen molar-refractivity contribution in [1.82, 2.24) is 5.16 Å². The number of rotatable bonds is 5. The lowest BCUT2D eigenvalue weighted by molar-refractivity contribution is 0.0850. The van der Waals surface area contributed by atoms with E-state index >= 15 is 0 Å². The van der Waals surface area contributed by atoms with Crippen LogP contribution in [0.3, 0.4) is 0 Å². The van der Waals surface area contributed by atoms with Crippen LogP contribution in [0.5, 0.6) is 5.75 Å². The molecule has 0 saturated heterocycles. The first-order valence-corrected chi connectivity index (χ1v) is 15.6. The van der Waals surface area contributed by atoms with E-state index in [0.717, 1.165) is 28.0 Å². The molecule has 152 valence electrons. The van der Waals surface area contributed by atoms with Gasteiger partial charge in [-0.25, -0.2) is 0 Å². The van der Waals surface area contributed by atoms with E-state index in [1.54, 1.807) is 0 Å². The van der Waals surface area contributed by atoms with Gasteiger partial charge in [0.1, 0.15) is 5.75 Å². The van der Waals surface area contributed by atoms with E-state index in [0.29, 0.717) is 0 Å². The van der Waals surface area contributed by atoms with Crippen molar-refractivity contribution < 1.29 is 13.4 Å². The van der Waals surface area contributed by atoms with E-state index in [2.05, 4.69) is 85.0 Å². The van der Waals surface area contributed by atoms with Crippen molar-refractivity contribution >= 4 is 28.3 Å². The third kappa shape index (κ3) is 4.66. The zero-order chi connectivity index (χ0) is 20.8. The summed E-state index contributed by atoms with van der Waals surface area (Å²) in [7, 11) is -3.29. The van der Waals surface area contributed by atoms with Crippen molar-refractivity contribution in [1.29, 1.82) is 0 Å². The minimum absolute atomic E-state index is 0.0855. The topological polar surface area (TPSA) is 44.5 Å². The standard InChI is InChI=1S/C21H37NO3Si2/c1-14-15-12-13-16(25-27(10,11)21(5,6)7)17(18(15)23-22-14)19(20(2,3)4)24-26(8)9/h12-13,19,26H,1-11H3. The highest BCUT2D eigenvalue weighted by molar-refractivity contribution is 6.74. The monoisotopic (exact) mass is 407 g/mol. The van der Waals surface area contributed by atoms with Crippen LogP contribution >= 0.6 is 0 Å². The normalized spacial score (nSPS) is 14.8. The summed E-state index contributed by atoms with van der Waals surface area (Å²) >= 11 is 0. The smallest absolute Gasteiger partial charge is 0.250 e. The molecule has 0 amide bonds. The molecule has 0 saturated carbocycles. The van der Waals surface area contributed by atoms with Gasteiger partial charge < -0.3 is 13.4 Å². The van der Waals surface area contributed by atoms with Crippen LogP contribution in [0.2, 0.25) is 31.2 Å². The van der Waals surface area contributed by atoms with Crippen LogP contribution in [0, 0.1) is 12.3 Å². The Morgan fingerprint density at radius 2 is 1.67 bits per heavy atom. The summed E-state index contributed by atoms with van der Waals surface area (Å²) < 4.78 is 19.1. The minimum Gasteiger partial charge on any atom is -0.543 e. The molecule has 1 heterocycles. The predicted octanol–water partition coefficient (Wildman–Crippen LogP) is 6.61. The lowest BCUT2D eigenvalue weighted by atomic mass is 9.84. The summed E-state index contributed by atoms with van der Waals surface area (Å²) in [6.45, 7) is 24.4. The molecule has 0 aliphatic carbocycles. The maximum atomic E-state index is 6.76. The maximum absolute atomic E-state index is 6.76. The van der Waals surface area contributed by atoms with Gasteiger partial charge in [0.25, 0.3) is 0 Å². The van der Waals surface area contributed by atoms with E-state index in [4.69, 9.17) is 13.4 Å². The van der Waals surface area contributed by atoms with Gasteiger partial charge in [-0.1, -0.05) is 46.7 Å². The van der Waals surface area contributed by atoms with Gasteiger partial charge >= 0.3 is 0 Å². The molecular weight excluding hydrogens is 370 g/mol. The van der Waals surface area contributed by atoms with Gasteiger partial charge in [-0.3, -0.25) is 0 Å². The Hall–Kier alpha value is -1.12. The summed E-state index contributed by atoms with van der Waals surface area (Å²) in [6, 6.07) is 4.16. The highest BCUT2D eigenvalue weighted by Gasteiger charge is 2.41. The van der Waals surface area contributed by atoms with Gasteiger partial charge in [0.05, 0.1) is 17.4 Å². The Labute approximate surface area is 167 Å². The van der Waals surface area contributed by atoms with Crippen molar-refractivity contribution in [3.8, 4) is 5.75 Å². The van der Waals surface area contributed by atoms with Crippen molar-refractivity contribution in [2.45, 2.75) is 85.8 Å². The van der Waals surface area contributed by atoms with E-state index in [1.807, 2.05) is 6.92 Å². The van der Waals surface area contributed by atoms with Crippen molar-refractivity contribution in [2.75, 3.05) is 0 Å². The molecule has 0 bridgehead atoms. The summed E-state index contributed by atoms with van der Waals surface area (Å²) in [5, 5.41) is 5.37. The number of aryl methyl sites for hydroxylation is 1. The zero-order valence-electron chi connectivity index (χ0n) is 19.0. The Bertz CT molecular complexity index is 798. The molecule has 1 atom stereocenters. The number of aromatic nitrogens is 1. The minimum atomic E-state index is -2.01.